The number of fused-ring (bicyclic) bond motifs is 5. The summed E-state index contributed by atoms with van der Waals surface area (Å²) in [4.78, 5) is 15.0. The lowest BCUT2D eigenvalue weighted by Gasteiger charge is -2.39. The Morgan fingerprint density at radius 2 is 2.04 bits per heavy atom. The van der Waals surface area contributed by atoms with E-state index in [1.807, 2.05) is 0 Å². The number of hydrogen-bond donors (Lipinski definition) is 1. The Labute approximate surface area is 146 Å². The quantitative estimate of drug-likeness (QED) is 0.702. The molecule has 1 saturated carbocycles. The predicted molar refractivity (Wildman–Crippen MR) is 98.2 cm³/mol. The minimum Gasteiger partial charge on any atom is -0.351 e. The summed E-state index contributed by atoms with van der Waals surface area (Å²) in [5, 5.41) is 0.826. The van der Waals surface area contributed by atoms with Gasteiger partial charge in [-0.1, -0.05) is 20.8 Å². The number of nitrogens with zero attached hydrogens (tertiary/aromatic N) is 3. The van der Waals surface area contributed by atoms with Crippen LogP contribution < -0.4 is 4.90 Å². The van der Waals surface area contributed by atoms with Crippen molar-refractivity contribution in [3.05, 3.63) is 30.3 Å². The van der Waals surface area contributed by atoms with Crippen LogP contribution in [0.2, 0.25) is 0 Å². The van der Waals surface area contributed by atoms with Gasteiger partial charge in [-0.15, -0.1) is 0 Å². The minimum absolute atomic E-state index is 0.236. The summed E-state index contributed by atoms with van der Waals surface area (Å²) >= 11 is 0. The molecule has 2 fully saturated rings. The molecule has 0 radical (unpaired) electrons. The van der Waals surface area contributed by atoms with Crippen LogP contribution in [0, 0.1) is 16.6 Å². The average molecular weight is 338 g/mol. The molecule has 5 rings (SSSR count). The largest absolute Gasteiger partial charge is 0.351 e. The molecule has 5 heteroatoms. The third-order valence-corrected chi connectivity index (χ3v) is 6.01. The van der Waals surface area contributed by atoms with E-state index in [1.54, 1.807) is 18.5 Å². The third kappa shape index (κ3) is 2.25. The van der Waals surface area contributed by atoms with Crippen molar-refractivity contribution in [1.82, 2.24) is 15.0 Å². The molecule has 0 unspecified atom stereocenters. The molecule has 0 spiro atoms. The Hall–Kier alpha value is -2.17. The second-order valence-electron chi connectivity index (χ2n) is 9.08. The highest BCUT2D eigenvalue weighted by molar-refractivity contribution is 6.08. The van der Waals surface area contributed by atoms with Crippen molar-refractivity contribution in [2.75, 3.05) is 11.4 Å². The summed E-state index contributed by atoms with van der Waals surface area (Å²) in [6.07, 6.45) is 5.27. The van der Waals surface area contributed by atoms with Crippen molar-refractivity contribution in [1.29, 1.82) is 0 Å². The fraction of sp³-hybridized carbons (Fsp3) is 0.500. The standard InChI is InChI=1S/C20H23FN4/c1-19(2)7-13-8-20(3,9-19)10-25(13)18-17-16(22-11-23-18)14-6-12(21)4-5-15(14)24-17/h4-6,11,13,24H,7-10H2,1-3H3/t13-,20+/m0/s1. The second kappa shape index (κ2) is 4.71. The fourth-order valence-electron chi connectivity index (χ4n) is 5.58. The van der Waals surface area contributed by atoms with Crippen LogP contribution in [0.1, 0.15) is 40.0 Å². The van der Waals surface area contributed by atoms with Crippen LogP contribution in [0.25, 0.3) is 21.9 Å². The van der Waals surface area contributed by atoms with Gasteiger partial charge in [-0.2, -0.15) is 0 Å². The number of hydrogen-bond acceptors (Lipinski definition) is 3. The van der Waals surface area contributed by atoms with Crippen molar-refractivity contribution in [2.24, 2.45) is 10.8 Å². The molecular formula is C20H23FN4. The summed E-state index contributed by atoms with van der Waals surface area (Å²) < 4.78 is 13.7. The molecule has 1 N–H and O–H groups in total. The molecule has 2 atom stereocenters. The zero-order chi connectivity index (χ0) is 17.4. The first-order valence-corrected chi connectivity index (χ1v) is 9.02. The van der Waals surface area contributed by atoms with E-state index < -0.39 is 0 Å². The minimum atomic E-state index is -0.236. The highest BCUT2D eigenvalue weighted by Gasteiger charge is 2.50. The van der Waals surface area contributed by atoms with Gasteiger partial charge in [0.2, 0.25) is 0 Å². The van der Waals surface area contributed by atoms with Gasteiger partial charge in [0, 0.05) is 23.5 Å². The maximum absolute atomic E-state index is 13.7. The van der Waals surface area contributed by atoms with E-state index in [4.69, 9.17) is 0 Å². The van der Waals surface area contributed by atoms with Gasteiger partial charge in [0.15, 0.2) is 5.82 Å². The first-order valence-electron chi connectivity index (χ1n) is 9.02. The molecule has 2 aromatic heterocycles. The molecule has 2 aliphatic rings. The van der Waals surface area contributed by atoms with E-state index in [1.165, 1.54) is 25.3 Å². The molecule has 1 saturated heterocycles. The molecule has 1 aliphatic carbocycles. The van der Waals surface area contributed by atoms with Gasteiger partial charge in [0.1, 0.15) is 23.2 Å². The smallest absolute Gasteiger partial charge is 0.156 e. The molecule has 3 heterocycles. The van der Waals surface area contributed by atoms with Crippen LogP contribution in [0.3, 0.4) is 0 Å². The van der Waals surface area contributed by atoms with E-state index in [2.05, 4.69) is 40.6 Å². The van der Waals surface area contributed by atoms with Gasteiger partial charge < -0.3 is 9.88 Å². The lowest BCUT2D eigenvalue weighted by atomic mass is 9.65. The van der Waals surface area contributed by atoms with E-state index >= 15 is 0 Å². The molecule has 2 bridgehead atoms. The van der Waals surface area contributed by atoms with E-state index in [-0.39, 0.29) is 5.82 Å². The molecule has 4 nitrogen and oxygen atoms in total. The van der Waals surface area contributed by atoms with E-state index in [0.29, 0.717) is 16.9 Å². The first-order chi connectivity index (χ1) is 11.8. The summed E-state index contributed by atoms with van der Waals surface area (Å²) in [5.41, 5.74) is 3.35. The Balaban J connectivity index is 1.68. The SMILES string of the molecule is CC1(C)C[C@H]2C[C@@](C)(CN2c2ncnc3c2[nH]c2ccc(F)cc23)C1. The first kappa shape index (κ1) is 15.1. The Morgan fingerprint density at radius 3 is 2.88 bits per heavy atom. The lowest BCUT2D eigenvalue weighted by molar-refractivity contribution is 0.136. The Morgan fingerprint density at radius 1 is 1.20 bits per heavy atom. The number of anilines is 1. The highest BCUT2D eigenvalue weighted by atomic mass is 19.1. The lowest BCUT2D eigenvalue weighted by Crippen LogP contribution is -2.35. The molecule has 3 aromatic rings. The normalized spacial score (nSPS) is 28.2. The van der Waals surface area contributed by atoms with E-state index in [0.717, 1.165) is 34.3 Å². The number of benzene rings is 1. The van der Waals surface area contributed by atoms with Gasteiger partial charge >= 0.3 is 0 Å². The van der Waals surface area contributed by atoms with Crippen LogP contribution in [0.5, 0.6) is 0 Å². The summed E-state index contributed by atoms with van der Waals surface area (Å²) in [5.74, 6) is 0.730. The molecule has 1 aromatic carbocycles. The number of aromatic nitrogens is 3. The van der Waals surface area contributed by atoms with Crippen molar-refractivity contribution >= 4 is 27.8 Å². The van der Waals surface area contributed by atoms with Crippen LogP contribution in [-0.4, -0.2) is 27.5 Å². The van der Waals surface area contributed by atoms with Gasteiger partial charge in [-0.3, -0.25) is 0 Å². The summed E-state index contributed by atoms with van der Waals surface area (Å²) in [7, 11) is 0. The molecule has 25 heavy (non-hydrogen) atoms. The van der Waals surface area contributed by atoms with Crippen LogP contribution in [0.15, 0.2) is 24.5 Å². The van der Waals surface area contributed by atoms with Crippen molar-refractivity contribution in [2.45, 2.75) is 46.1 Å². The Bertz CT molecular complexity index is 992. The maximum Gasteiger partial charge on any atom is 0.156 e. The topological polar surface area (TPSA) is 44.8 Å². The van der Waals surface area contributed by atoms with Gasteiger partial charge in [0.25, 0.3) is 0 Å². The van der Waals surface area contributed by atoms with Gasteiger partial charge in [0.05, 0.1) is 0 Å². The molecule has 130 valence electrons. The predicted octanol–water partition coefficient (Wildman–Crippen LogP) is 4.66. The Kier molecular flexibility index (Phi) is 2.85. The summed E-state index contributed by atoms with van der Waals surface area (Å²) in [6, 6.07) is 5.33. The number of aromatic amines is 1. The molecule has 0 amide bonds. The summed E-state index contributed by atoms with van der Waals surface area (Å²) in [6.45, 7) is 8.18. The third-order valence-electron chi connectivity index (χ3n) is 6.01. The fourth-order valence-corrected chi connectivity index (χ4v) is 5.58. The highest BCUT2D eigenvalue weighted by Crippen LogP contribution is 2.53. The molecule has 1 aliphatic heterocycles. The van der Waals surface area contributed by atoms with Gasteiger partial charge in [-0.25, -0.2) is 14.4 Å². The van der Waals surface area contributed by atoms with E-state index in [9.17, 15) is 4.39 Å². The molecular weight excluding hydrogens is 315 g/mol. The maximum atomic E-state index is 13.7. The number of H-pyrrole nitrogens is 1. The van der Waals surface area contributed by atoms with Gasteiger partial charge in [-0.05, 0) is 48.3 Å². The van der Waals surface area contributed by atoms with Crippen LogP contribution in [0.4, 0.5) is 10.2 Å². The second-order valence-corrected chi connectivity index (χ2v) is 9.08. The average Bonchev–Trinajstić information content (AvgIpc) is 3.00. The number of nitrogens with one attached hydrogen (secondary N) is 1. The van der Waals surface area contributed by atoms with Crippen LogP contribution in [-0.2, 0) is 0 Å². The van der Waals surface area contributed by atoms with Crippen molar-refractivity contribution < 1.29 is 4.39 Å². The van der Waals surface area contributed by atoms with Crippen LogP contribution >= 0.6 is 0 Å². The zero-order valence-electron chi connectivity index (χ0n) is 14.9. The number of halogens is 1. The zero-order valence-corrected chi connectivity index (χ0v) is 14.9. The van der Waals surface area contributed by atoms with Crippen molar-refractivity contribution in [3.63, 3.8) is 0 Å². The monoisotopic (exact) mass is 338 g/mol. The van der Waals surface area contributed by atoms with Crippen molar-refractivity contribution in [3.8, 4) is 0 Å². The number of rotatable bonds is 1.